The molecule has 128 valence electrons. The first-order valence-corrected chi connectivity index (χ1v) is 7.87. The molecule has 2 aromatic rings. The number of aryl methyl sites for hydroxylation is 1. The molecule has 0 spiro atoms. The van der Waals surface area contributed by atoms with E-state index in [1.54, 1.807) is 19.1 Å². The van der Waals surface area contributed by atoms with Crippen molar-refractivity contribution >= 4 is 29.1 Å². The van der Waals surface area contributed by atoms with Gasteiger partial charge in [0.1, 0.15) is 5.82 Å². The van der Waals surface area contributed by atoms with Gasteiger partial charge in [0, 0.05) is 22.8 Å². The predicted octanol–water partition coefficient (Wildman–Crippen LogP) is 5.08. The Labute approximate surface area is 142 Å². The van der Waals surface area contributed by atoms with Crippen LogP contribution >= 0.6 is 11.6 Å². The Morgan fingerprint density at radius 3 is 2.50 bits per heavy atom. The van der Waals surface area contributed by atoms with E-state index in [1.165, 1.54) is 0 Å². The van der Waals surface area contributed by atoms with E-state index in [9.17, 15) is 13.2 Å². The van der Waals surface area contributed by atoms with Crippen LogP contribution in [0.3, 0.4) is 0 Å². The van der Waals surface area contributed by atoms with E-state index in [2.05, 4.69) is 20.6 Å². The molecule has 8 heteroatoms. The topological polar surface area (TPSA) is 49.8 Å². The van der Waals surface area contributed by atoms with Crippen molar-refractivity contribution in [3.05, 3.63) is 40.0 Å². The third-order valence-corrected chi connectivity index (χ3v) is 4.20. The predicted molar refractivity (Wildman–Crippen MR) is 87.9 cm³/mol. The Morgan fingerprint density at radius 1 is 1.17 bits per heavy atom. The minimum atomic E-state index is -4.54. The summed E-state index contributed by atoms with van der Waals surface area (Å²) < 4.78 is 39.3. The molecule has 1 fully saturated rings. The summed E-state index contributed by atoms with van der Waals surface area (Å²) >= 11 is 6.10. The highest BCUT2D eigenvalue weighted by Crippen LogP contribution is 2.34. The molecule has 0 amide bonds. The molecule has 0 radical (unpaired) electrons. The third-order valence-electron chi connectivity index (χ3n) is 3.79. The number of hydrogen-bond donors (Lipinski definition) is 2. The van der Waals surface area contributed by atoms with Gasteiger partial charge in [-0.05, 0) is 43.9 Å². The highest BCUT2D eigenvalue weighted by Gasteiger charge is 2.34. The summed E-state index contributed by atoms with van der Waals surface area (Å²) in [6, 6.07) is 4.60. The first-order valence-electron chi connectivity index (χ1n) is 7.49. The van der Waals surface area contributed by atoms with Crippen LogP contribution < -0.4 is 10.6 Å². The van der Waals surface area contributed by atoms with Crippen molar-refractivity contribution in [3.8, 4) is 0 Å². The Morgan fingerprint density at radius 2 is 1.88 bits per heavy atom. The maximum absolute atomic E-state index is 13.1. The second-order valence-corrected chi connectivity index (χ2v) is 6.27. The highest BCUT2D eigenvalue weighted by atomic mass is 35.5. The molecular formula is C16H16ClF3N4. The molecule has 1 heterocycles. The molecule has 0 bridgehead atoms. The van der Waals surface area contributed by atoms with Crippen LogP contribution in [-0.2, 0) is 6.18 Å². The molecule has 2 N–H and O–H groups in total. The van der Waals surface area contributed by atoms with Crippen molar-refractivity contribution in [2.75, 3.05) is 10.6 Å². The van der Waals surface area contributed by atoms with E-state index in [0.717, 1.165) is 30.0 Å². The van der Waals surface area contributed by atoms with Gasteiger partial charge < -0.3 is 10.6 Å². The van der Waals surface area contributed by atoms with Crippen molar-refractivity contribution in [2.24, 2.45) is 0 Å². The molecule has 0 unspecified atom stereocenters. The van der Waals surface area contributed by atoms with Crippen molar-refractivity contribution < 1.29 is 13.2 Å². The number of benzene rings is 1. The summed E-state index contributed by atoms with van der Waals surface area (Å²) in [6.07, 6.45) is -2.72. The average molecular weight is 357 g/mol. The average Bonchev–Trinajstić information content (AvgIpc) is 3.30. The number of nitrogens with zero attached hydrogens (tertiary/aromatic N) is 2. The van der Waals surface area contributed by atoms with Crippen LogP contribution in [0.5, 0.6) is 0 Å². The quantitative estimate of drug-likeness (QED) is 0.801. The lowest BCUT2D eigenvalue weighted by Crippen LogP contribution is -2.14. The number of anilines is 3. The zero-order valence-corrected chi connectivity index (χ0v) is 13.9. The first kappa shape index (κ1) is 16.8. The first-order chi connectivity index (χ1) is 11.2. The standard InChI is InChI=1S/C16H16ClF3N4/c1-8-3-6-11(17)9(2)14(8)23-13-7-12(16(18,19)20)22-15(24-13)21-10-4-5-10/h3,6-7,10H,4-5H2,1-2H3,(H2,21,22,23,24). The second kappa shape index (κ2) is 6.12. The van der Waals surface area contributed by atoms with E-state index in [0.29, 0.717) is 10.7 Å². The van der Waals surface area contributed by atoms with E-state index in [1.807, 2.05) is 6.92 Å². The van der Waals surface area contributed by atoms with Crippen molar-refractivity contribution in [1.29, 1.82) is 0 Å². The van der Waals surface area contributed by atoms with Gasteiger partial charge in [0.15, 0.2) is 5.69 Å². The molecule has 0 aliphatic heterocycles. The van der Waals surface area contributed by atoms with Gasteiger partial charge in [-0.25, -0.2) is 4.98 Å². The summed E-state index contributed by atoms with van der Waals surface area (Å²) in [5.74, 6) is 0.0566. The van der Waals surface area contributed by atoms with Gasteiger partial charge in [0.2, 0.25) is 5.95 Å². The minimum absolute atomic E-state index is 0.0211. The zero-order chi connectivity index (χ0) is 17.5. The van der Waals surface area contributed by atoms with Crippen LogP contribution in [-0.4, -0.2) is 16.0 Å². The number of halogens is 4. The van der Waals surface area contributed by atoms with Gasteiger partial charge in [-0.15, -0.1) is 0 Å². The Hall–Kier alpha value is -2.02. The van der Waals surface area contributed by atoms with Crippen molar-refractivity contribution in [1.82, 2.24) is 9.97 Å². The van der Waals surface area contributed by atoms with E-state index in [4.69, 9.17) is 11.6 Å². The maximum atomic E-state index is 13.1. The summed E-state index contributed by atoms with van der Waals surface area (Å²) in [7, 11) is 0. The van der Waals surface area contributed by atoms with Gasteiger partial charge in [-0.3, -0.25) is 0 Å². The molecule has 1 aromatic carbocycles. The van der Waals surface area contributed by atoms with Crippen LogP contribution in [0, 0.1) is 13.8 Å². The van der Waals surface area contributed by atoms with Crippen LogP contribution in [0.25, 0.3) is 0 Å². The molecule has 4 nitrogen and oxygen atoms in total. The Kier molecular flexibility index (Phi) is 4.29. The summed E-state index contributed by atoms with van der Waals surface area (Å²) in [4.78, 5) is 7.73. The largest absolute Gasteiger partial charge is 0.433 e. The van der Waals surface area contributed by atoms with E-state index in [-0.39, 0.29) is 17.8 Å². The van der Waals surface area contributed by atoms with Crippen LogP contribution in [0.2, 0.25) is 5.02 Å². The molecule has 1 aliphatic carbocycles. The summed E-state index contributed by atoms with van der Waals surface area (Å²) in [5, 5.41) is 6.39. The van der Waals surface area contributed by atoms with Gasteiger partial charge in [-0.1, -0.05) is 17.7 Å². The second-order valence-electron chi connectivity index (χ2n) is 5.87. The van der Waals surface area contributed by atoms with E-state index >= 15 is 0 Å². The minimum Gasteiger partial charge on any atom is -0.351 e. The van der Waals surface area contributed by atoms with Crippen LogP contribution in [0.15, 0.2) is 18.2 Å². The van der Waals surface area contributed by atoms with Gasteiger partial charge >= 0.3 is 6.18 Å². The lowest BCUT2D eigenvalue weighted by molar-refractivity contribution is -0.141. The smallest absolute Gasteiger partial charge is 0.351 e. The fourth-order valence-corrected chi connectivity index (χ4v) is 2.43. The Balaban J connectivity index is 1.99. The summed E-state index contributed by atoms with van der Waals surface area (Å²) in [6.45, 7) is 3.65. The third kappa shape index (κ3) is 3.72. The van der Waals surface area contributed by atoms with Crippen molar-refractivity contribution in [2.45, 2.75) is 38.9 Å². The molecule has 1 saturated carbocycles. The van der Waals surface area contributed by atoms with Crippen LogP contribution in [0.1, 0.15) is 29.7 Å². The molecular weight excluding hydrogens is 341 g/mol. The molecule has 3 rings (SSSR count). The molecule has 24 heavy (non-hydrogen) atoms. The normalized spacial score (nSPS) is 14.6. The lowest BCUT2D eigenvalue weighted by Gasteiger charge is -2.16. The summed E-state index contributed by atoms with van der Waals surface area (Å²) in [5.41, 5.74) is 1.27. The fourth-order valence-electron chi connectivity index (χ4n) is 2.27. The van der Waals surface area contributed by atoms with Gasteiger partial charge in [-0.2, -0.15) is 18.2 Å². The van der Waals surface area contributed by atoms with Crippen LogP contribution in [0.4, 0.5) is 30.6 Å². The van der Waals surface area contributed by atoms with E-state index < -0.39 is 11.9 Å². The molecule has 0 atom stereocenters. The van der Waals surface area contributed by atoms with Gasteiger partial charge in [0.05, 0.1) is 0 Å². The Bertz CT molecular complexity index is 773. The molecule has 1 aromatic heterocycles. The fraction of sp³-hybridized carbons (Fsp3) is 0.375. The van der Waals surface area contributed by atoms with Gasteiger partial charge in [0.25, 0.3) is 0 Å². The maximum Gasteiger partial charge on any atom is 0.433 e. The monoisotopic (exact) mass is 356 g/mol. The number of alkyl halides is 3. The SMILES string of the molecule is Cc1ccc(Cl)c(C)c1Nc1cc(C(F)(F)F)nc(NC2CC2)n1. The highest BCUT2D eigenvalue weighted by molar-refractivity contribution is 6.31. The molecule has 1 aliphatic rings. The number of hydrogen-bond acceptors (Lipinski definition) is 4. The van der Waals surface area contributed by atoms with Crippen molar-refractivity contribution in [3.63, 3.8) is 0 Å². The lowest BCUT2D eigenvalue weighted by atomic mass is 10.1. The molecule has 0 saturated heterocycles. The number of aromatic nitrogens is 2. The zero-order valence-electron chi connectivity index (χ0n) is 13.1. The number of rotatable bonds is 4. The number of nitrogens with one attached hydrogen (secondary N) is 2.